The summed E-state index contributed by atoms with van der Waals surface area (Å²) in [4.78, 5) is 16.3. The van der Waals surface area contributed by atoms with Crippen molar-refractivity contribution in [3.63, 3.8) is 0 Å². The molecule has 0 unspecified atom stereocenters. The van der Waals surface area contributed by atoms with Crippen molar-refractivity contribution in [2.24, 2.45) is 10.9 Å². The molecule has 1 aromatic rings. The van der Waals surface area contributed by atoms with Crippen molar-refractivity contribution in [1.29, 1.82) is 0 Å². The van der Waals surface area contributed by atoms with Crippen LogP contribution in [0.1, 0.15) is 12.8 Å². The van der Waals surface area contributed by atoms with Gasteiger partial charge in [0.15, 0.2) is 0 Å². The van der Waals surface area contributed by atoms with Gasteiger partial charge in [-0.1, -0.05) is 12.1 Å². The molecule has 1 aliphatic heterocycles. The van der Waals surface area contributed by atoms with Crippen LogP contribution >= 0.6 is 0 Å². The summed E-state index contributed by atoms with van der Waals surface area (Å²) in [5.74, 6) is 1.26. The minimum Gasteiger partial charge on any atom is -0.491 e. The lowest BCUT2D eigenvalue weighted by Crippen LogP contribution is -2.32. The highest BCUT2D eigenvalue weighted by Gasteiger charge is 2.17. The number of benzene rings is 1. The van der Waals surface area contributed by atoms with Gasteiger partial charge in [-0.2, -0.15) is 4.99 Å². The van der Waals surface area contributed by atoms with Gasteiger partial charge in [0.2, 0.25) is 6.08 Å². The number of nitrogens with zero attached hydrogens (tertiary/aromatic N) is 2. The molecule has 0 radical (unpaired) electrons. The van der Waals surface area contributed by atoms with Crippen molar-refractivity contribution in [1.82, 2.24) is 4.90 Å². The number of hydrogen-bond donors (Lipinski definition) is 0. The molecule has 0 aliphatic carbocycles. The van der Waals surface area contributed by atoms with Gasteiger partial charge in [-0.3, -0.25) is 0 Å². The SMILES string of the molecule is CN1CCC(COc2ccccc2N=C=O)CC1. The lowest BCUT2D eigenvalue weighted by atomic mass is 9.98. The number of likely N-dealkylation sites (tertiary alicyclic amines) is 1. The predicted octanol–water partition coefficient (Wildman–Crippen LogP) is 2.37. The van der Waals surface area contributed by atoms with Gasteiger partial charge in [-0.15, -0.1) is 0 Å². The zero-order valence-corrected chi connectivity index (χ0v) is 10.6. The normalized spacial score (nSPS) is 17.2. The Morgan fingerprint density at radius 3 is 2.83 bits per heavy atom. The average Bonchev–Trinajstić information content (AvgIpc) is 2.40. The Bertz CT molecular complexity index is 433. The molecule has 0 aromatic heterocycles. The fraction of sp³-hybridized carbons (Fsp3) is 0.500. The van der Waals surface area contributed by atoms with Crippen LogP contribution in [0.15, 0.2) is 29.3 Å². The molecule has 4 heteroatoms. The van der Waals surface area contributed by atoms with Crippen molar-refractivity contribution in [3.05, 3.63) is 24.3 Å². The predicted molar refractivity (Wildman–Crippen MR) is 69.9 cm³/mol. The molecule has 18 heavy (non-hydrogen) atoms. The molecule has 1 fully saturated rings. The molecule has 1 saturated heterocycles. The van der Waals surface area contributed by atoms with E-state index in [2.05, 4.69) is 16.9 Å². The van der Waals surface area contributed by atoms with Crippen LogP contribution in [0, 0.1) is 5.92 Å². The third kappa shape index (κ3) is 3.42. The van der Waals surface area contributed by atoms with Crippen LogP contribution in [0.2, 0.25) is 0 Å². The van der Waals surface area contributed by atoms with Crippen molar-refractivity contribution < 1.29 is 9.53 Å². The van der Waals surface area contributed by atoms with Crippen molar-refractivity contribution in [2.75, 3.05) is 26.7 Å². The molecular formula is C14H18N2O2. The Kier molecular flexibility index (Phi) is 4.51. The van der Waals surface area contributed by atoms with Crippen LogP contribution < -0.4 is 4.74 Å². The van der Waals surface area contributed by atoms with Gasteiger partial charge in [0.1, 0.15) is 11.4 Å². The van der Waals surface area contributed by atoms with Gasteiger partial charge in [0.05, 0.1) is 6.61 Å². The number of rotatable bonds is 4. The summed E-state index contributed by atoms with van der Waals surface area (Å²) < 4.78 is 5.77. The molecule has 0 spiro atoms. The molecule has 0 saturated carbocycles. The summed E-state index contributed by atoms with van der Waals surface area (Å²) in [6, 6.07) is 7.31. The van der Waals surface area contributed by atoms with E-state index in [1.807, 2.05) is 18.2 Å². The van der Waals surface area contributed by atoms with Gasteiger partial charge < -0.3 is 9.64 Å². The zero-order chi connectivity index (χ0) is 12.8. The first-order valence-electron chi connectivity index (χ1n) is 6.28. The maximum Gasteiger partial charge on any atom is 0.240 e. The third-order valence-corrected chi connectivity index (χ3v) is 3.34. The lowest BCUT2D eigenvalue weighted by Gasteiger charge is -2.28. The summed E-state index contributed by atoms with van der Waals surface area (Å²) in [7, 11) is 2.14. The number of piperidine rings is 1. The van der Waals surface area contributed by atoms with Crippen molar-refractivity contribution in [2.45, 2.75) is 12.8 Å². The number of isocyanates is 1. The van der Waals surface area contributed by atoms with E-state index in [0.717, 1.165) is 25.9 Å². The summed E-state index contributed by atoms with van der Waals surface area (Å²) in [5.41, 5.74) is 0.556. The van der Waals surface area contributed by atoms with Crippen molar-refractivity contribution in [3.8, 4) is 5.75 Å². The number of carbonyl (C=O) groups excluding carboxylic acids is 1. The lowest BCUT2D eigenvalue weighted by molar-refractivity contribution is 0.160. The van der Waals surface area contributed by atoms with E-state index in [9.17, 15) is 4.79 Å². The van der Waals surface area contributed by atoms with Gasteiger partial charge in [0, 0.05) is 0 Å². The van der Waals surface area contributed by atoms with E-state index in [1.165, 1.54) is 0 Å². The highest BCUT2D eigenvalue weighted by molar-refractivity contribution is 5.57. The summed E-state index contributed by atoms with van der Waals surface area (Å²) in [5, 5.41) is 0. The standard InChI is InChI=1S/C14H18N2O2/c1-16-8-6-12(7-9-16)10-18-14-5-3-2-4-13(14)15-11-17/h2-5,12H,6-10H2,1H3. The molecule has 0 N–H and O–H groups in total. The molecule has 0 amide bonds. The minimum atomic E-state index is 0.556. The molecule has 4 nitrogen and oxygen atoms in total. The first-order chi connectivity index (χ1) is 8.79. The Hall–Kier alpha value is -1.64. The third-order valence-electron chi connectivity index (χ3n) is 3.34. The van der Waals surface area contributed by atoms with E-state index < -0.39 is 0 Å². The largest absolute Gasteiger partial charge is 0.491 e. The van der Waals surface area contributed by atoms with Gasteiger partial charge in [0.25, 0.3) is 0 Å². The van der Waals surface area contributed by atoms with Crippen LogP contribution in [-0.4, -0.2) is 37.7 Å². The summed E-state index contributed by atoms with van der Waals surface area (Å²) in [6.45, 7) is 2.95. The highest BCUT2D eigenvalue weighted by atomic mass is 16.5. The summed E-state index contributed by atoms with van der Waals surface area (Å²) in [6.07, 6.45) is 3.88. The van der Waals surface area contributed by atoms with E-state index in [-0.39, 0.29) is 0 Å². The zero-order valence-electron chi connectivity index (χ0n) is 10.6. The second kappa shape index (κ2) is 6.34. The van der Waals surface area contributed by atoms with E-state index in [4.69, 9.17) is 4.74 Å². The van der Waals surface area contributed by atoms with Crippen LogP contribution in [0.5, 0.6) is 5.75 Å². The molecule has 0 bridgehead atoms. The Morgan fingerprint density at radius 1 is 1.39 bits per heavy atom. The highest BCUT2D eigenvalue weighted by Crippen LogP contribution is 2.27. The molecule has 1 heterocycles. The number of para-hydroxylation sites is 2. The number of aliphatic imine (C=N–C) groups is 1. The maximum atomic E-state index is 10.3. The number of hydrogen-bond acceptors (Lipinski definition) is 4. The van der Waals surface area contributed by atoms with E-state index >= 15 is 0 Å². The first-order valence-corrected chi connectivity index (χ1v) is 6.28. The van der Waals surface area contributed by atoms with Crippen LogP contribution in [0.4, 0.5) is 5.69 Å². The van der Waals surface area contributed by atoms with Gasteiger partial charge in [-0.05, 0) is 51.0 Å². The second-order valence-electron chi connectivity index (χ2n) is 4.73. The first kappa shape index (κ1) is 12.8. The van der Waals surface area contributed by atoms with E-state index in [0.29, 0.717) is 24.0 Å². The number of ether oxygens (including phenoxy) is 1. The van der Waals surface area contributed by atoms with Gasteiger partial charge >= 0.3 is 0 Å². The maximum absolute atomic E-state index is 10.3. The molecule has 96 valence electrons. The minimum absolute atomic E-state index is 0.556. The quantitative estimate of drug-likeness (QED) is 0.605. The Morgan fingerprint density at radius 2 is 2.11 bits per heavy atom. The fourth-order valence-electron chi connectivity index (χ4n) is 2.16. The van der Waals surface area contributed by atoms with E-state index in [1.54, 1.807) is 12.1 Å². The molecule has 0 atom stereocenters. The van der Waals surface area contributed by atoms with Crippen LogP contribution in [-0.2, 0) is 4.79 Å². The van der Waals surface area contributed by atoms with Crippen LogP contribution in [0.3, 0.4) is 0 Å². The Balaban J connectivity index is 1.92. The summed E-state index contributed by atoms with van der Waals surface area (Å²) >= 11 is 0. The van der Waals surface area contributed by atoms with Crippen molar-refractivity contribution >= 4 is 11.8 Å². The second-order valence-corrected chi connectivity index (χ2v) is 4.73. The molecule has 2 rings (SSSR count). The topological polar surface area (TPSA) is 41.9 Å². The molecule has 1 aromatic carbocycles. The molecular weight excluding hydrogens is 228 g/mol. The molecule has 1 aliphatic rings. The monoisotopic (exact) mass is 246 g/mol. The van der Waals surface area contributed by atoms with Gasteiger partial charge in [-0.25, -0.2) is 4.79 Å². The fourth-order valence-corrected chi connectivity index (χ4v) is 2.16. The Labute approximate surface area is 107 Å². The average molecular weight is 246 g/mol. The smallest absolute Gasteiger partial charge is 0.240 e. The van der Waals surface area contributed by atoms with Crippen LogP contribution in [0.25, 0.3) is 0 Å².